The van der Waals surface area contributed by atoms with E-state index in [0.717, 1.165) is 0 Å². The van der Waals surface area contributed by atoms with Crippen LogP contribution in [0.5, 0.6) is 5.75 Å². The van der Waals surface area contributed by atoms with E-state index in [1.54, 1.807) is 6.07 Å². The summed E-state index contributed by atoms with van der Waals surface area (Å²) in [5.74, 6) is -0.0670. The van der Waals surface area contributed by atoms with Crippen molar-refractivity contribution in [3.8, 4) is 5.75 Å². The zero-order valence-corrected chi connectivity index (χ0v) is 14.2. The Morgan fingerprint density at radius 1 is 0.833 bits per heavy atom. The molecule has 0 aromatic heterocycles. The molecular weight excluding hydrogens is 322 g/mol. The van der Waals surface area contributed by atoms with Crippen LogP contribution < -0.4 is 20.7 Å². The number of hydrogen-bond acceptors (Lipinski definition) is 2. The first-order valence-corrected chi connectivity index (χ1v) is 9.50. The minimum atomic E-state index is -3.17. The van der Waals surface area contributed by atoms with Gasteiger partial charge in [0.05, 0.1) is 6.61 Å². The predicted octanol–water partition coefficient (Wildman–Crippen LogP) is 3.86. The van der Waals surface area contributed by atoms with E-state index in [1.807, 2.05) is 67.6 Å². The van der Waals surface area contributed by atoms with Crippen LogP contribution in [0.3, 0.4) is 0 Å². The molecule has 2 nitrogen and oxygen atoms in total. The van der Waals surface area contributed by atoms with Crippen LogP contribution in [0.4, 0.5) is 4.39 Å². The molecule has 0 heterocycles. The van der Waals surface area contributed by atoms with E-state index in [4.69, 9.17) is 4.74 Å². The van der Waals surface area contributed by atoms with E-state index in [-0.39, 0.29) is 0 Å². The van der Waals surface area contributed by atoms with E-state index in [0.29, 0.717) is 28.3 Å². The van der Waals surface area contributed by atoms with Gasteiger partial charge in [0.2, 0.25) is 0 Å². The fourth-order valence-corrected chi connectivity index (χ4v) is 5.40. The normalized spacial score (nSPS) is 11.2. The fraction of sp³-hybridized carbons (Fsp3) is 0.100. The Hall–Kier alpha value is -2.38. The van der Waals surface area contributed by atoms with Gasteiger partial charge in [-0.2, -0.15) is 0 Å². The molecule has 0 aliphatic heterocycles. The summed E-state index contributed by atoms with van der Waals surface area (Å²) < 4.78 is 33.6. The van der Waals surface area contributed by atoms with E-state index < -0.39 is 13.0 Å². The number of hydrogen-bond donors (Lipinski definition) is 0. The molecular formula is C20H18FO2P. The third-order valence-electron chi connectivity index (χ3n) is 3.77. The van der Waals surface area contributed by atoms with E-state index in [9.17, 15) is 8.96 Å². The van der Waals surface area contributed by atoms with Gasteiger partial charge in [0.1, 0.15) is 11.6 Å². The summed E-state index contributed by atoms with van der Waals surface area (Å²) >= 11 is 0. The minimum absolute atomic E-state index is 0.389. The van der Waals surface area contributed by atoms with Gasteiger partial charge in [-0.3, -0.25) is 0 Å². The summed E-state index contributed by atoms with van der Waals surface area (Å²) in [4.78, 5) is 0. The molecule has 122 valence electrons. The topological polar surface area (TPSA) is 26.3 Å². The van der Waals surface area contributed by atoms with Crippen molar-refractivity contribution in [2.24, 2.45) is 0 Å². The largest absolute Gasteiger partial charge is 0.494 e. The molecule has 0 N–H and O–H groups in total. The lowest BCUT2D eigenvalue weighted by Crippen LogP contribution is -2.25. The van der Waals surface area contributed by atoms with Gasteiger partial charge >= 0.3 is 0 Å². The SMILES string of the molecule is CCOc1cc(F)cc(P(=O)(c2ccccc2)c2ccccc2)c1. The average molecular weight is 340 g/mol. The highest BCUT2D eigenvalue weighted by Crippen LogP contribution is 2.43. The summed E-state index contributed by atoms with van der Waals surface area (Å²) in [6, 6.07) is 22.7. The Morgan fingerprint density at radius 2 is 1.38 bits per heavy atom. The summed E-state index contributed by atoms with van der Waals surface area (Å²) in [6.07, 6.45) is 0. The molecule has 0 aliphatic carbocycles. The molecule has 3 aromatic carbocycles. The lowest BCUT2D eigenvalue weighted by Gasteiger charge is -2.20. The maximum atomic E-state index is 14.1. The molecule has 24 heavy (non-hydrogen) atoms. The maximum absolute atomic E-state index is 14.1. The van der Waals surface area contributed by atoms with Gasteiger partial charge in [-0.15, -0.1) is 0 Å². The van der Waals surface area contributed by atoms with Crippen LogP contribution >= 0.6 is 7.14 Å². The molecule has 0 aliphatic rings. The van der Waals surface area contributed by atoms with Gasteiger partial charge < -0.3 is 9.30 Å². The second-order valence-electron chi connectivity index (χ2n) is 5.36. The summed E-state index contributed by atoms with van der Waals surface area (Å²) in [6.45, 7) is 2.25. The van der Waals surface area contributed by atoms with E-state index in [1.165, 1.54) is 12.1 Å². The molecule has 3 rings (SSSR count). The third kappa shape index (κ3) is 3.13. The Kier molecular flexibility index (Phi) is 4.82. The molecule has 0 fully saturated rings. The summed E-state index contributed by atoms with van der Waals surface area (Å²) in [7, 11) is -3.17. The number of ether oxygens (including phenoxy) is 1. The van der Waals surface area contributed by atoms with Crippen LogP contribution in [0.25, 0.3) is 0 Å². The first kappa shape index (κ1) is 16.5. The van der Waals surface area contributed by atoms with Crippen molar-refractivity contribution in [3.63, 3.8) is 0 Å². The monoisotopic (exact) mass is 340 g/mol. The first-order chi connectivity index (χ1) is 11.6. The zero-order chi connectivity index (χ0) is 17.0. The van der Waals surface area contributed by atoms with Gasteiger partial charge in [-0.1, -0.05) is 60.7 Å². The predicted molar refractivity (Wildman–Crippen MR) is 97.0 cm³/mol. The summed E-state index contributed by atoms with van der Waals surface area (Å²) in [5, 5.41) is 1.77. The van der Waals surface area contributed by atoms with Crippen LogP contribution in [0.15, 0.2) is 78.9 Å². The van der Waals surface area contributed by atoms with Crippen LogP contribution in [-0.2, 0) is 4.57 Å². The lowest BCUT2D eigenvalue weighted by molar-refractivity contribution is 0.338. The molecule has 0 saturated carbocycles. The Morgan fingerprint density at radius 3 is 1.88 bits per heavy atom. The van der Waals surface area contributed by atoms with E-state index in [2.05, 4.69) is 0 Å². The van der Waals surface area contributed by atoms with Crippen molar-refractivity contribution in [3.05, 3.63) is 84.7 Å². The minimum Gasteiger partial charge on any atom is -0.494 e. The Labute approximate surface area is 141 Å². The van der Waals surface area contributed by atoms with Gasteiger partial charge in [0.15, 0.2) is 7.14 Å². The van der Waals surface area contributed by atoms with Crippen molar-refractivity contribution >= 4 is 23.1 Å². The average Bonchev–Trinajstić information content (AvgIpc) is 2.62. The van der Waals surface area contributed by atoms with Crippen LogP contribution in [0.1, 0.15) is 6.92 Å². The van der Waals surface area contributed by atoms with Gasteiger partial charge in [0.25, 0.3) is 0 Å². The second-order valence-corrected chi connectivity index (χ2v) is 8.13. The number of rotatable bonds is 5. The van der Waals surface area contributed by atoms with Crippen molar-refractivity contribution in [2.45, 2.75) is 6.92 Å². The number of halogens is 1. The van der Waals surface area contributed by atoms with Crippen molar-refractivity contribution < 1.29 is 13.7 Å². The molecule has 4 heteroatoms. The van der Waals surface area contributed by atoms with Gasteiger partial charge in [-0.25, -0.2) is 4.39 Å². The molecule has 0 unspecified atom stereocenters. The standard InChI is InChI=1S/C20H18FO2P/c1-2-23-17-13-16(21)14-20(15-17)24(22,18-9-5-3-6-10-18)19-11-7-4-8-12-19/h3-15H,2H2,1H3. The van der Waals surface area contributed by atoms with Crippen molar-refractivity contribution in [1.29, 1.82) is 0 Å². The lowest BCUT2D eigenvalue weighted by atomic mass is 10.3. The van der Waals surface area contributed by atoms with Crippen LogP contribution in [0.2, 0.25) is 0 Å². The molecule has 0 radical (unpaired) electrons. The summed E-state index contributed by atoms with van der Waals surface area (Å²) in [5.41, 5.74) is 0. The Balaban J connectivity index is 2.26. The molecule has 0 spiro atoms. The second kappa shape index (κ2) is 7.02. The number of benzene rings is 3. The fourth-order valence-electron chi connectivity index (χ4n) is 2.70. The highest BCUT2D eigenvalue weighted by molar-refractivity contribution is 7.85. The van der Waals surface area contributed by atoms with Crippen molar-refractivity contribution in [1.82, 2.24) is 0 Å². The van der Waals surface area contributed by atoms with Crippen LogP contribution in [0, 0.1) is 5.82 Å². The van der Waals surface area contributed by atoms with Crippen LogP contribution in [-0.4, -0.2) is 6.61 Å². The molecule has 0 bridgehead atoms. The highest BCUT2D eigenvalue weighted by Gasteiger charge is 2.30. The first-order valence-electron chi connectivity index (χ1n) is 7.80. The smallest absolute Gasteiger partial charge is 0.171 e. The quantitative estimate of drug-likeness (QED) is 0.659. The van der Waals surface area contributed by atoms with Crippen molar-refractivity contribution in [2.75, 3.05) is 6.61 Å². The van der Waals surface area contributed by atoms with E-state index >= 15 is 0 Å². The maximum Gasteiger partial charge on any atom is 0.171 e. The zero-order valence-electron chi connectivity index (χ0n) is 13.4. The van der Waals surface area contributed by atoms with Gasteiger partial charge in [-0.05, 0) is 19.1 Å². The Bertz CT molecular complexity index is 820. The molecule has 3 aromatic rings. The molecule has 0 atom stereocenters. The molecule has 0 amide bonds. The molecule has 0 saturated heterocycles. The highest BCUT2D eigenvalue weighted by atomic mass is 31.2. The van der Waals surface area contributed by atoms with Gasteiger partial charge in [0, 0.05) is 22.0 Å². The third-order valence-corrected chi connectivity index (χ3v) is 6.81.